The van der Waals surface area contributed by atoms with Crippen LogP contribution in [0.4, 0.5) is 5.69 Å². The maximum atomic E-state index is 12.8. The maximum absolute atomic E-state index is 12.8. The van der Waals surface area contributed by atoms with Crippen molar-refractivity contribution in [3.05, 3.63) is 85.4 Å². The van der Waals surface area contributed by atoms with Crippen LogP contribution in [0.5, 0.6) is 0 Å². The average molecular weight is 414 g/mol. The number of carbonyl (C=O) groups excluding carboxylic acids is 2. The molecular formula is C19H9Cl2N3O4. The van der Waals surface area contributed by atoms with E-state index < -0.39 is 16.7 Å². The van der Waals surface area contributed by atoms with Crippen LogP contribution in [0.1, 0.15) is 26.3 Å². The minimum Gasteiger partial charge on any atom is -0.267 e. The number of rotatable bonds is 3. The fourth-order valence-electron chi connectivity index (χ4n) is 3.05. The van der Waals surface area contributed by atoms with Crippen molar-refractivity contribution in [2.45, 2.75) is 0 Å². The van der Waals surface area contributed by atoms with Gasteiger partial charge in [0.2, 0.25) is 0 Å². The summed E-state index contributed by atoms with van der Waals surface area (Å²) in [6.07, 6.45) is 1.31. The van der Waals surface area contributed by atoms with E-state index in [1.54, 1.807) is 18.2 Å². The first kappa shape index (κ1) is 18.1. The Morgan fingerprint density at radius 3 is 2.36 bits per heavy atom. The molecule has 2 amide bonds. The SMILES string of the molecule is O=C1c2cccc3c([N+](=O)[O-])ccc(c23)C(=O)N1N=Cc1ccc(Cl)c(Cl)c1. The molecule has 0 aromatic heterocycles. The Morgan fingerprint density at radius 1 is 0.964 bits per heavy atom. The number of non-ortho nitro benzene ring substituents is 1. The minimum absolute atomic E-state index is 0.169. The fraction of sp³-hybridized carbons (Fsp3) is 0. The van der Waals surface area contributed by atoms with Crippen molar-refractivity contribution in [1.82, 2.24) is 5.01 Å². The summed E-state index contributed by atoms with van der Waals surface area (Å²) in [6, 6.07) is 11.9. The molecule has 1 aliphatic heterocycles. The number of imide groups is 1. The molecule has 138 valence electrons. The fourth-order valence-corrected chi connectivity index (χ4v) is 3.36. The molecule has 9 heteroatoms. The number of nitro benzene ring substituents is 1. The zero-order valence-corrected chi connectivity index (χ0v) is 15.4. The molecule has 7 nitrogen and oxygen atoms in total. The van der Waals surface area contributed by atoms with Crippen molar-refractivity contribution in [3.8, 4) is 0 Å². The molecule has 0 unspecified atom stereocenters. The number of benzene rings is 3. The summed E-state index contributed by atoms with van der Waals surface area (Å²) in [5.74, 6) is -1.33. The normalized spacial score (nSPS) is 13.6. The highest BCUT2D eigenvalue weighted by molar-refractivity contribution is 6.42. The quantitative estimate of drug-likeness (QED) is 0.269. The molecule has 3 aromatic carbocycles. The molecule has 0 spiro atoms. The monoisotopic (exact) mass is 413 g/mol. The third-order valence-corrected chi connectivity index (χ3v) is 5.06. The molecule has 4 rings (SSSR count). The number of nitrogens with zero attached hydrogens (tertiary/aromatic N) is 3. The summed E-state index contributed by atoms with van der Waals surface area (Å²) in [7, 11) is 0. The summed E-state index contributed by atoms with van der Waals surface area (Å²) in [6.45, 7) is 0. The molecule has 0 atom stereocenters. The van der Waals surface area contributed by atoms with Crippen LogP contribution in [-0.4, -0.2) is 28.0 Å². The Kier molecular flexibility index (Phi) is 4.33. The van der Waals surface area contributed by atoms with Gasteiger partial charge in [0, 0.05) is 11.5 Å². The van der Waals surface area contributed by atoms with Gasteiger partial charge in [-0.2, -0.15) is 10.1 Å². The lowest BCUT2D eigenvalue weighted by molar-refractivity contribution is -0.383. The number of hydrazone groups is 1. The predicted octanol–water partition coefficient (Wildman–Crippen LogP) is 4.68. The van der Waals surface area contributed by atoms with E-state index in [1.165, 1.54) is 36.5 Å². The van der Waals surface area contributed by atoms with Gasteiger partial charge in [-0.05, 0) is 35.9 Å². The van der Waals surface area contributed by atoms with Crippen LogP contribution in [0.2, 0.25) is 10.0 Å². The molecule has 0 fully saturated rings. The Balaban J connectivity index is 1.81. The van der Waals surface area contributed by atoms with Crippen LogP contribution < -0.4 is 0 Å². The van der Waals surface area contributed by atoms with Crippen molar-refractivity contribution in [2.24, 2.45) is 5.10 Å². The number of amides is 2. The van der Waals surface area contributed by atoms with Gasteiger partial charge in [0.25, 0.3) is 17.5 Å². The summed E-state index contributed by atoms with van der Waals surface area (Å²) >= 11 is 11.8. The molecule has 1 aliphatic rings. The van der Waals surface area contributed by atoms with Crippen molar-refractivity contribution in [3.63, 3.8) is 0 Å². The standard InChI is InChI=1S/C19H9Cl2N3O4/c20-14-6-4-10(8-15(14)21)9-22-23-18(25)12-3-1-2-11-16(24(27)28)7-5-13(17(11)12)19(23)26/h1-9H. The summed E-state index contributed by atoms with van der Waals surface area (Å²) in [4.78, 5) is 36.3. The van der Waals surface area contributed by atoms with Gasteiger partial charge in [-0.25, -0.2) is 0 Å². The Morgan fingerprint density at radius 2 is 1.68 bits per heavy atom. The first-order chi connectivity index (χ1) is 13.4. The average Bonchev–Trinajstić information content (AvgIpc) is 2.68. The molecule has 3 aromatic rings. The number of nitro groups is 1. The van der Waals surface area contributed by atoms with Crippen LogP contribution in [0.15, 0.2) is 53.6 Å². The smallest absolute Gasteiger partial charge is 0.267 e. The Labute approximate surface area is 167 Å². The summed E-state index contributed by atoms with van der Waals surface area (Å²) in [5, 5.41) is 17.2. The second kappa shape index (κ2) is 6.70. The van der Waals surface area contributed by atoms with E-state index in [-0.39, 0.29) is 27.6 Å². The van der Waals surface area contributed by atoms with E-state index in [0.29, 0.717) is 15.6 Å². The molecule has 0 saturated heterocycles. The van der Waals surface area contributed by atoms with Crippen molar-refractivity contribution >= 4 is 57.7 Å². The van der Waals surface area contributed by atoms with E-state index in [0.717, 1.165) is 5.01 Å². The van der Waals surface area contributed by atoms with Gasteiger partial charge in [0.15, 0.2) is 0 Å². The molecule has 0 bridgehead atoms. The first-order valence-corrected chi connectivity index (χ1v) is 8.72. The highest BCUT2D eigenvalue weighted by atomic mass is 35.5. The second-order valence-electron chi connectivity index (χ2n) is 5.96. The number of hydrogen-bond acceptors (Lipinski definition) is 5. The van der Waals surface area contributed by atoms with Crippen molar-refractivity contribution in [2.75, 3.05) is 0 Å². The van der Waals surface area contributed by atoms with Gasteiger partial charge >= 0.3 is 0 Å². The second-order valence-corrected chi connectivity index (χ2v) is 6.77. The summed E-state index contributed by atoms with van der Waals surface area (Å²) < 4.78 is 0. The third kappa shape index (κ3) is 2.81. The van der Waals surface area contributed by atoms with E-state index in [1.807, 2.05) is 0 Å². The lowest BCUT2D eigenvalue weighted by Gasteiger charge is -2.22. The van der Waals surface area contributed by atoms with Crippen LogP contribution >= 0.6 is 23.2 Å². The molecule has 0 saturated carbocycles. The van der Waals surface area contributed by atoms with Crippen molar-refractivity contribution in [1.29, 1.82) is 0 Å². The van der Waals surface area contributed by atoms with Gasteiger partial charge in [-0.1, -0.05) is 35.3 Å². The maximum Gasteiger partial charge on any atom is 0.282 e. The van der Waals surface area contributed by atoms with Gasteiger partial charge in [0.1, 0.15) is 0 Å². The molecular weight excluding hydrogens is 405 g/mol. The number of carbonyl (C=O) groups is 2. The van der Waals surface area contributed by atoms with Crippen LogP contribution in [0, 0.1) is 10.1 Å². The minimum atomic E-state index is -0.667. The van der Waals surface area contributed by atoms with E-state index in [9.17, 15) is 19.7 Å². The Bertz CT molecular complexity index is 1200. The number of halogens is 2. The van der Waals surface area contributed by atoms with Crippen LogP contribution in [-0.2, 0) is 0 Å². The van der Waals surface area contributed by atoms with Crippen molar-refractivity contribution < 1.29 is 14.5 Å². The molecule has 28 heavy (non-hydrogen) atoms. The molecule has 0 aliphatic carbocycles. The molecule has 0 N–H and O–H groups in total. The topological polar surface area (TPSA) is 92.9 Å². The third-order valence-electron chi connectivity index (χ3n) is 4.33. The van der Waals surface area contributed by atoms with E-state index in [2.05, 4.69) is 5.10 Å². The molecule has 0 radical (unpaired) electrons. The molecule has 1 heterocycles. The Hall–Kier alpha value is -3.29. The predicted molar refractivity (Wildman–Crippen MR) is 105 cm³/mol. The lowest BCUT2D eigenvalue weighted by atomic mass is 9.94. The first-order valence-electron chi connectivity index (χ1n) is 7.96. The van der Waals surface area contributed by atoms with Gasteiger partial charge in [0.05, 0.1) is 37.7 Å². The largest absolute Gasteiger partial charge is 0.282 e. The highest BCUT2D eigenvalue weighted by Gasteiger charge is 2.34. The van der Waals surface area contributed by atoms with Gasteiger partial charge < -0.3 is 0 Å². The van der Waals surface area contributed by atoms with Gasteiger partial charge in [-0.3, -0.25) is 19.7 Å². The number of hydrogen-bond donors (Lipinski definition) is 0. The van der Waals surface area contributed by atoms with E-state index >= 15 is 0 Å². The summed E-state index contributed by atoms with van der Waals surface area (Å²) in [5.41, 5.74) is 0.709. The zero-order valence-electron chi connectivity index (χ0n) is 13.9. The van der Waals surface area contributed by atoms with Gasteiger partial charge in [-0.15, -0.1) is 0 Å². The van der Waals surface area contributed by atoms with Crippen LogP contribution in [0.3, 0.4) is 0 Å². The van der Waals surface area contributed by atoms with Crippen LogP contribution in [0.25, 0.3) is 10.8 Å². The van der Waals surface area contributed by atoms with E-state index in [4.69, 9.17) is 23.2 Å². The zero-order chi connectivity index (χ0) is 20.0. The highest BCUT2D eigenvalue weighted by Crippen LogP contribution is 2.35. The lowest BCUT2D eigenvalue weighted by Crippen LogP contribution is -2.36.